The first kappa shape index (κ1) is 13.8. The lowest BCUT2D eigenvalue weighted by molar-refractivity contribution is -0.0633. The van der Waals surface area contributed by atoms with Crippen LogP contribution in [0.15, 0.2) is 49.1 Å². The standard InChI is InChI=1S/C16H17N3O3/c20-9-16-10-21-14(12-3-1-5-17-7-12)19(16)15(22-11-16)13-4-2-6-18-8-13/h1-8,14-15,20H,9-11H2/t14-,15-/m1/s1. The molecule has 2 aliphatic heterocycles. The van der Waals surface area contributed by atoms with Crippen molar-refractivity contribution in [2.75, 3.05) is 19.8 Å². The molecule has 0 unspecified atom stereocenters. The van der Waals surface area contributed by atoms with Gasteiger partial charge in [-0.3, -0.25) is 9.97 Å². The molecule has 0 radical (unpaired) electrons. The van der Waals surface area contributed by atoms with E-state index in [1.54, 1.807) is 24.8 Å². The Morgan fingerprint density at radius 3 is 2.00 bits per heavy atom. The second-order valence-electron chi connectivity index (χ2n) is 5.69. The lowest BCUT2D eigenvalue weighted by atomic mass is 10.0. The maximum absolute atomic E-state index is 9.92. The molecule has 0 aromatic carbocycles. The van der Waals surface area contributed by atoms with E-state index < -0.39 is 5.54 Å². The van der Waals surface area contributed by atoms with Crippen molar-refractivity contribution in [3.05, 3.63) is 60.2 Å². The van der Waals surface area contributed by atoms with Gasteiger partial charge in [0.05, 0.1) is 25.4 Å². The van der Waals surface area contributed by atoms with E-state index in [4.69, 9.17) is 9.47 Å². The fourth-order valence-electron chi connectivity index (χ4n) is 3.17. The average Bonchev–Trinajstić information content (AvgIpc) is 3.14. The Bertz CT molecular complexity index is 586. The molecule has 2 saturated heterocycles. The van der Waals surface area contributed by atoms with Gasteiger partial charge in [0.1, 0.15) is 12.5 Å². The number of rotatable bonds is 3. The first-order valence-electron chi connectivity index (χ1n) is 7.26. The first-order valence-corrected chi connectivity index (χ1v) is 7.26. The lowest BCUT2D eigenvalue weighted by Gasteiger charge is -2.32. The van der Waals surface area contributed by atoms with E-state index in [9.17, 15) is 5.11 Å². The number of hydrogen-bond donors (Lipinski definition) is 1. The van der Waals surface area contributed by atoms with E-state index in [-0.39, 0.29) is 19.1 Å². The molecule has 2 aromatic heterocycles. The van der Waals surface area contributed by atoms with Crippen molar-refractivity contribution in [3.8, 4) is 0 Å². The van der Waals surface area contributed by atoms with Gasteiger partial charge < -0.3 is 14.6 Å². The molecule has 0 spiro atoms. The zero-order chi connectivity index (χ0) is 15.0. The van der Waals surface area contributed by atoms with Crippen LogP contribution in [0.1, 0.15) is 23.6 Å². The van der Waals surface area contributed by atoms with E-state index >= 15 is 0 Å². The second-order valence-corrected chi connectivity index (χ2v) is 5.69. The van der Waals surface area contributed by atoms with Gasteiger partial charge in [0, 0.05) is 35.9 Å². The van der Waals surface area contributed by atoms with Gasteiger partial charge in [-0.05, 0) is 12.1 Å². The highest BCUT2D eigenvalue weighted by molar-refractivity contribution is 5.21. The molecule has 0 aliphatic carbocycles. The van der Waals surface area contributed by atoms with Crippen LogP contribution in [0.5, 0.6) is 0 Å². The Kier molecular flexibility index (Phi) is 3.38. The molecule has 6 nitrogen and oxygen atoms in total. The maximum Gasteiger partial charge on any atom is 0.141 e. The van der Waals surface area contributed by atoms with E-state index in [1.807, 2.05) is 24.3 Å². The zero-order valence-electron chi connectivity index (χ0n) is 12.0. The van der Waals surface area contributed by atoms with Gasteiger partial charge in [-0.25, -0.2) is 4.90 Å². The zero-order valence-corrected chi connectivity index (χ0v) is 12.0. The highest BCUT2D eigenvalue weighted by Crippen LogP contribution is 2.48. The topological polar surface area (TPSA) is 67.7 Å². The molecule has 4 rings (SSSR count). The number of aromatic nitrogens is 2. The van der Waals surface area contributed by atoms with Crippen LogP contribution in [0.25, 0.3) is 0 Å². The quantitative estimate of drug-likeness (QED) is 0.920. The van der Waals surface area contributed by atoms with Crippen LogP contribution < -0.4 is 0 Å². The molecule has 0 amide bonds. The van der Waals surface area contributed by atoms with Crippen LogP contribution in [0.4, 0.5) is 0 Å². The number of fused-ring (bicyclic) bond motifs is 1. The summed E-state index contributed by atoms with van der Waals surface area (Å²) in [5.41, 5.74) is 1.40. The Balaban J connectivity index is 1.74. The molecule has 1 N–H and O–H groups in total. The summed E-state index contributed by atoms with van der Waals surface area (Å²) in [7, 11) is 0. The van der Waals surface area contributed by atoms with Crippen molar-refractivity contribution >= 4 is 0 Å². The summed E-state index contributed by atoms with van der Waals surface area (Å²) in [5, 5.41) is 9.92. The molecule has 114 valence electrons. The predicted molar refractivity (Wildman–Crippen MR) is 77.5 cm³/mol. The number of nitrogens with zero attached hydrogens (tertiary/aromatic N) is 3. The fraction of sp³-hybridized carbons (Fsp3) is 0.375. The Morgan fingerprint density at radius 1 is 1.05 bits per heavy atom. The number of hydrogen-bond acceptors (Lipinski definition) is 6. The highest BCUT2D eigenvalue weighted by atomic mass is 16.6. The monoisotopic (exact) mass is 299 g/mol. The molecule has 2 aromatic rings. The minimum Gasteiger partial charge on any atom is -0.394 e. The minimum absolute atomic E-state index is 0.0134. The summed E-state index contributed by atoms with van der Waals surface area (Å²) < 4.78 is 12.0. The van der Waals surface area contributed by atoms with Crippen molar-refractivity contribution in [3.63, 3.8) is 0 Å². The minimum atomic E-state index is -0.513. The largest absolute Gasteiger partial charge is 0.394 e. The third-order valence-corrected chi connectivity index (χ3v) is 4.31. The van der Waals surface area contributed by atoms with Crippen molar-refractivity contribution in [2.45, 2.75) is 18.0 Å². The van der Waals surface area contributed by atoms with Crippen molar-refractivity contribution in [1.82, 2.24) is 14.9 Å². The molecule has 22 heavy (non-hydrogen) atoms. The van der Waals surface area contributed by atoms with Gasteiger partial charge in [-0.15, -0.1) is 0 Å². The molecule has 0 bridgehead atoms. The number of pyridine rings is 2. The number of ether oxygens (including phenoxy) is 2. The van der Waals surface area contributed by atoms with Gasteiger partial charge in [0.2, 0.25) is 0 Å². The van der Waals surface area contributed by atoms with E-state index in [2.05, 4.69) is 14.9 Å². The van der Waals surface area contributed by atoms with Crippen LogP contribution in [0, 0.1) is 0 Å². The molecule has 2 aliphatic rings. The van der Waals surface area contributed by atoms with Gasteiger partial charge in [-0.2, -0.15) is 0 Å². The SMILES string of the molecule is OCC12CO[C@H](c3cccnc3)N1[C@@H](c1cccnc1)OC2. The number of aliphatic hydroxyl groups excluding tert-OH is 1. The normalized spacial score (nSPS) is 27.0. The van der Waals surface area contributed by atoms with Crippen LogP contribution in [-0.2, 0) is 9.47 Å². The first-order chi connectivity index (χ1) is 10.8. The van der Waals surface area contributed by atoms with Crippen molar-refractivity contribution in [1.29, 1.82) is 0 Å². The third-order valence-electron chi connectivity index (χ3n) is 4.31. The smallest absolute Gasteiger partial charge is 0.141 e. The van der Waals surface area contributed by atoms with Gasteiger partial charge in [0.15, 0.2) is 0 Å². The average molecular weight is 299 g/mol. The lowest BCUT2D eigenvalue weighted by Crippen LogP contribution is -2.47. The van der Waals surface area contributed by atoms with Crippen molar-refractivity contribution < 1.29 is 14.6 Å². The predicted octanol–water partition coefficient (Wildman–Crippen LogP) is 1.27. The molecular weight excluding hydrogens is 282 g/mol. The van der Waals surface area contributed by atoms with Crippen LogP contribution in [0.3, 0.4) is 0 Å². The number of aliphatic hydroxyl groups is 1. The molecule has 2 atom stereocenters. The van der Waals surface area contributed by atoms with Gasteiger partial charge in [-0.1, -0.05) is 12.1 Å². The summed E-state index contributed by atoms with van der Waals surface area (Å²) in [6.45, 7) is 0.847. The summed E-state index contributed by atoms with van der Waals surface area (Å²) in [4.78, 5) is 10.4. The Hall–Kier alpha value is -1.86. The van der Waals surface area contributed by atoms with Crippen LogP contribution in [0.2, 0.25) is 0 Å². The summed E-state index contributed by atoms with van der Waals surface area (Å²) in [6.07, 6.45) is 6.48. The Morgan fingerprint density at radius 2 is 1.59 bits per heavy atom. The summed E-state index contributed by atoms with van der Waals surface area (Å²) in [6, 6.07) is 7.72. The Labute approximate surface area is 128 Å². The van der Waals surface area contributed by atoms with Gasteiger partial charge >= 0.3 is 0 Å². The molecule has 6 heteroatoms. The van der Waals surface area contributed by atoms with Crippen LogP contribution >= 0.6 is 0 Å². The maximum atomic E-state index is 9.92. The second kappa shape index (κ2) is 5.40. The molecular formula is C16H17N3O3. The van der Waals surface area contributed by atoms with Gasteiger partial charge in [0.25, 0.3) is 0 Å². The fourth-order valence-corrected chi connectivity index (χ4v) is 3.17. The van der Waals surface area contributed by atoms with E-state index in [0.717, 1.165) is 11.1 Å². The van der Waals surface area contributed by atoms with E-state index in [1.165, 1.54) is 0 Å². The van der Waals surface area contributed by atoms with E-state index in [0.29, 0.717) is 13.2 Å². The summed E-state index contributed by atoms with van der Waals surface area (Å²) in [5.74, 6) is 0. The molecule has 2 fully saturated rings. The summed E-state index contributed by atoms with van der Waals surface area (Å²) >= 11 is 0. The van der Waals surface area contributed by atoms with Crippen LogP contribution in [-0.4, -0.2) is 45.3 Å². The molecule has 4 heterocycles. The molecule has 0 saturated carbocycles. The van der Waals surface area contributed by atoms with Crippen molar-refractivity contribution in [2.24, 2.45) is 0 Å². The third kappa shape index (κ3) is 2.04. The highest BCUT2D eigenvalue weighted by Gasteiger charge is 2.56.